The number of carbonyl (C=O) groups is 2. The van der Waals surface area contributed by atoms with Gasteiger partial charge in [0, 0.05) is 33.7 Å². The Morgan fingerprint density at radius 1 is 1.42 bits per heavy atom. The second kappa shape index (κ2) is 5.07. The minimum Gasteiger partial charge on any atom is -0.341 e. The first-order chi connectivity index (χ1) is 8.98. The lowest BCUT2D eigenvalue weighted by Crippen LogP contribution is -2.57. The normalized spacial score (nSPS) is 23.4. The van der Waals surface area contributed by atoms with Crippen molar-refractivity contribution in [2.45, 2.75) is 25.3 Å². The molecule has 3 amide bonds. The highest BCUT2D eigenvalue weighted by molar-refractivity contribution is 6.09. The number of piperidine rings is 1. The molecule has 2 N–H and O–H groups in total. The van der Waals surface area contributed by atoms with Crippen LogP contribution in [-0.2, 0) is 4.79 Å². The van der Waals surface area contributed by atoms with Gasteiger partial charge in [0.05, 0.1) is 0 Å². The quantitative estimate of drug-likeness (QED) is 0.678. The summed E-state index contributed by atoms with van der Waals surface area (Å²) in [7, 11) is 3.47. The lowest BCUT2D eigenvalue weighted by molar-refractivity contribution is -0.125. The van der Waals surface area contributed by atoms with Crippen molar-refractivity contribution >= 4 is 17.9 Å². The van der Waals surface area contributed by atoms with Crippen LogP contribution in [0.5, 0.6) is 0 Å². The van der Waals surface area contributed by atoms with Crippen LogP contribution in [0.1, 0.15) is 19.8 Å². The van der Waals surface area contributed by atoms with Gasteiger partial charge < -0.3 is 15.1 Å². The average Bonchev–Trinajstić information content (AvgIpc) is 2.66. The molecule has 0 aromatic rings. The summed E-state index contributed by atoms with van der Waals surface area (Å²) in [6.07, 6.45) is 1.22. The van der Waals surface area contributed by atoms with E-state index >= 15 is 0 Å². The van der Waals surface area contributed by atoms with Crippen LogP contribution >= 0.6 is 0 Å². The zero-order valence-electron chi connectivity index (χ0n) is 11.7. The number of carbonyl (C=O) groups excluding carboxylic acids is 2. The lowest BCUT2D eigenvalue weighted by Gasteiger charge is -2.38. The molecule has 1 spiro atoms. The Balaban J connectivity index is 2.01. The van der Waals surface area contributed by atoms with Gasteiger partial charge in [-0.15, -0.1) is 0 Å². The second-order valence-electron chi connectivity index (χ2n) is 5.15. The molecule has 7 heteroatoms. The van der Waals surface area contributed by atoms with Crippen molar-refractivity contribution in [2.24, 2.45) is 4.99 Å². The molecule has 0 aromatic carbocycles. The smallest absolute Gasteiger partial charge is 0.319 e. The number of nitrogens with zero attached hydrogens (tertiary/aromatic N) is 3. The molecule has 0 aromatic heterocycles. The van der Waals surface area contributed by atoms with Crippen LogP contribution in [0.2, 0.25) is 0 Å². The maximum atomic E-state index is 12.1. The molecule has 0 saturated carbocycles. The fraction of sp³-hybridized carbons (Fsp3) is 0.750. The topological polar surface area (TPSA) is 77.0 Å². The maximum Gasteiger partial charge on any atom is 0.319 e. The number of hydrogen-bond acceptors (Lipinski definition) is 3. The van der Waals surface area contributed by atoms with Crippen molar-refractivity contribution in [1.29, 1.82) is 0 Å². The van der Waals surface area contributed by atoms with E-state index in [0.29, 0.717) is 38.4 Å². The number of amides is 3. The molecule has 2 saturated heterocycles. The monoisotopic (exact) mass is 267 g/mol. The number of rotatable bonds is 1. The van der Waals surface area contributed by atoms with E-state index < -0.39 is 5.54 Å². The van der Waals surface area contributed by atoms with Crippen LogP contribution in [0, 0.1) is 0 Å². The Hall–Kier alpha value is -1.79. The molecule has 19 heavy (non-hydrogen) atoms. The zero-order chi connectivity index (χ0) is 14.0. The van der Waals surface area contributed by atoms with Crippen LogP contribution in [0.3, 0.4) is 0 Å². The zero-order valence-corrected chi connectivity index (χ0v) is 11.7. The third-order valence-corrected chi connectivity index (χ3v) is 3.61. The standard InChI is InChI=1S/C12H21N5O2/c1-4-13-10-14-9(18)12(15-10)5-7-17(8-6-12)11(19)16(2)3/h4-8H2,1-3H3,(H2,13,14,15,18). The summed E-state index contributed by atoms with van der Waals surface area (Å²) in [6.45, 7) is 3.71. The number of aliphatic imine (C=N–C) groups is 1. The van der Waals surface area contributed by atoms with E-state index in [9.17, 15) is 9.59 Å². The number of nitrogens with one attached hydrogen (secondary N) is 2. The first-order valence-corrected chi connectivity index (χ1v) is 6.59. The summed E-state index contributed by atoms with van der Waals surface area (Å²) >= 11 is 0. The summed E-state index contributed by atoms with van der Waals surface area (Å²) < 4.78 is 0. The molecule has 0 bridgehead atoms. The SMILES string of the molecule is CCN=C1NC(=O)C2(CCN(C(=O)N(C)C)CC2)N1. The molecule has 0 atom stereocenters. The van der Waals surface area contributed by atoms with E-state index in [1.54, 1.807) is 23.9 Å². The number of guanidine groups is 1. The van der Waals surface area contributed by atoms with Crippen molar-refractivity contribution in [3.8, 4) is 0 Å². The van der Waals surface area contributed by atoms with Crippen molar-refractivity contribution in [1.82, 2.24) is 20.4 Å². The molecular formula is C12H21N5O2. The van der Waals surface area contributed by atoms with E-state index in [1.165, 1.54) is 0 Å². The van der Waals surface area contributed by atoms with Crippen LogP contribution in [0.25, 0.3) is 0 Å². The van der Waals surface area contributed by atoms with Crippen LogP contribution in [0.15, 0.2) is 4.99 Å². The van der Waals surface area contributed by atoms with Crippen molar-refractivity contribution in [3.63, 3.8) is 0 Å². The molecule has 2 fully saturated rings. The van der Waals surface area contributed by atoms with Crippen LogP contribution in [-0.4, -0.2) is 67.0 Å². The Morgan fingerprint density at radius 3 is 2.58 bits per heavy atom. The lowest BCUT2D eigenvalue weighted by atomic mass is 9.88. The van der Waals surface area contributed by atoms with Crippen molar-refractivity contribution < 1.29 is 9.59 Å². The van der Waals surface area contributed by atoms with Gasteiger partial charge in [-0.25, -0.2) is 4.79 Å². The molecule has 0 radical (unpaired) electrons. The van der Waals surface area contributed by atoms with Gasteiger partial charge in [0.25, 0.3) is 5.91 Å². The van der Waals surface area contributed by atoms with E-state index in [0.717, 1.165) is 0 Å². The van der Waals surface area contributed by atoms with E-state index in [4.69, 9.17) is 0 Å². The average molecular weight is 267 g/mol. The Labute approximate surface area is 113 Å². The van der Waals surface area contributed by atoms with E-state index in [2.05, 4.69) is 15.6 Å². The van der Waals surface area contributed by atoms with Gasteiger partial charge in [-0.3, -0.25) is 15.1 Å². The Kier molecular flexibility index (Phi) is 3.64. The minimum atomic E-state index is -0.586. The number of likely N-dealkylation sites (tertiary alicyclic amines) is 1. The van der Waals surface area contributed by atoms with Gasteiger partial charge in [0.2, 0.25) is 0 Å². The third-order valence-electron chi connectivity index (χ3n) is 3.61. The van der Waals surface area contributed by atoms with E-state index in [-0.39, 0.29) is 11.9 Å². The van der Waals surface area contributed by atoms with Crippen LogP contribution in [0.4, 0.5) is 4.79 Å². The predicted molar refractivity (Wildman–Crippen MR) is 71.9 cm³/mol. The summed E-state index contributed by atoms with van der Waals surface area (Å²) in [6, 6.07) is -0.00398. The number of urea groups is 1. The highest BCUT2D eigenvalue weighted by Crippen LogP contribution is 2.25. The molecule has 2 rings (SSSR count). The van der Waals surface area contributed by atoms with Gasteiger partial charge in [-0.2, -0.15) is 0 Å². The Morgan fingerprint density at radius 2 is 2.05 bits per heavy atom. The predicted octanol–water partition coefficient (Wildman–Crippen LogP) is -0.402. The molecule has 106 valence electrons. The summed E-state index contributed by atoms with van der Waals surface area (Å²) in [5.74, 6) is 0.525. The van der Waals surface area contributed by atoms with Gasteiger partial charge >= 0.3 is 6.03 Å². The molecule has 2 heterocycles. The van der Waals surface area contributed by atoms with E-state index in [1.807, 2.05) is 6.92 Å². The van der Waals surface area contributed by atoms with Crippen molar-refractivity contribution in [2.75, 3.05) is 33.7 Å². The molecule has 2 aliphatic rings. The summed E-state index contributed by atoms with van der Waals surface area (Å²) in [5, 5.41) is 5.95. The molecule has 0 aliphatic carbocycles. The highest BCUT2D eigenvalue weighted by atomic mass is 16.2. The minimum absolute atomic E-state index is 0.00398. The molecular weight excluding hydrogens is 246 g/mol. The van der Waals surface area contributed by atoms with Gasteiger partial charge in [-0.1, -0.05) is 0 Å². The van der Waals surface area contributed by atoms with Gasteiger partial charge in [0.1, 0.15) is 5.54 Å². The first kappa shape index (κ1) is 13.6. The molecule has 2 aliphatic heterocycles. The number of hydrogen-bond donors (Lipinski definition) is 2. The fourth-order valence-electron chi connectivity index (χ4n) is 2.49. The molecule has 7 nitrogen and oxygen atoms in total. The third kappa shape index (κ3) is 2.50. The largest absolute Gasteiger partial charge is 0.341 e. The summed E-state index contributed by atoms with van der Waals surface area (Å²) in [4.78, 5) is 31.5. The highest BCUT2D eigenvalue weighted by Gasteiger charge is 2.47. The van der Waals surface area contributed by atoms with Gasteiger partial charge in [0.15, 0.2) is 5.96 Å². The molecule has 0 unspecified atom stereocenters. The van der Waals surface area contributed by atoms with Crippen LogP contribution < -0.4 is 10.6 Å². The first-order valence-electron chi connectivity index (χ1n) is 6.59. The second-order valence-corrected chi connectivity index (χ2v) is 5.15. The Bertz CT molecular complexity index is 410. The van der Waals surface area contributed by atoms with Crippen molar-refractivity contribution in [3.05, 3.63) is 0 Å². The van der Waals surface area contributed by atoms with Gasteiger partial charge in [-0.05, 0) is 19.8 Å². The fourth-order valence-corrected chi connectivity index (χ4v) is 2.49. The maximum absolute atomic E-state index is 12.1. The summed E-state index contributed by atoms with van der Waals surface area (Å²) in [5.41, 5.74) is -0.586.